The Kier molecular flexibility index (Phi) is 6.56. The fraction of sp³-hybridized carbons (Fsp3) is 0.182. The van der Waals surface area contributed by atoms with E-state index in [1.807, 2.05) is 30.3 Å². The summed E-state index contributed by atoms with van der Waals surface area (Å²) >= 11 is 0. The van der Waals surface area contributed by atoms with Gasteiger partial charge >= 0.3 is 6.18 Å². The molecule has 0 unspecified atom stereocenters. The number of aromatic nitrogens is 1. The van der Waals surface area contributed by atoms with Crippen LogP contribution in [0.25, 0.3) is 0 Å². The van der Waals surface area contributed by atoms with Gasteiger partial charge in [0.15, 0.2) is 6.61 Å². The third-order valence-corrected chi connectivity index (χ3v) is 4.21. The first-order chi connectivity index (χ1) is 14.3. The second kappa shape index (κ2) is 9.30. The number of amides is 1. The van der Waals surface area contributed by atoms with Crippen LogP contribution in [-0.2, 0) is 13.1 Å². The quantitative estimate of drug-likeness (QED) is 0.638. The lowest BCUT2D eigenvalue weighted by Crippen LogP contribution is -2.32. The van der Waals surface area contributed by atoms with Crippen LogP contribution in [-0.4, -0.2) is 23.3 Å². The summed E-state index contributed by atoms with van der Waals surface area (Å²) in [4.78, 5) is 25.1. The molecule has 3 rings (SSSR count). The summed E-state index contributed by atoms with van der Waals surface area (Å²) in [5.74, 6) is -0.520. The zero-order valence-electron chi connectivity index (χ0n) is 15.9. The van der Waals surface area contributed by atoms with E-state index in [0.717, 1.165) is 5.56 Å². The highest BCUT2D eigenvalue weighted by molar-refractivity contribution is 5.93. The topological polar surface area (TPSA) is 60.3 Å². The van der Waals surface area contributed by atoms with Crippen LogP contribution in [0, 0.1) is 0 Å². The monoisotopic (exact) mass is 416 g/mol. The fourth-order valence-corrected chi connectivity index (χ4v) is 2.80. The van der Waals surface area contributed by atoms with Crippen molar-refractivity contribution in [1.29, 1.82) is 0 Å². The fourth-order valence-electron chi connectivity index (χ4n) is 2.80. The molecule has 0 saturated carbocycles. The van der Waals surface area contributed by atoms with Crippen molar-refractivity contribution in [3.8, 4) is 5.75 Å². The lowest BCUT2D eigenvalue weighted by atomic mass is 10.2. The summed E-state index contributed by atoms with van der Waals surface area (Å²) in [5, 5.41) is 2.62. The highest BCUT2D eigenvalue weighted by atomic mass is 19.4. The van der Waals surface area contributed by atoms with E-state index in [2.05, 4.69) is 5.32 Å². The molecule has 1 aromatic heterocycles. The predicted octanol–water partition coefficient (Wildman–Crippen LogP) is 3.77. The lowest BCUT2D eigenvalue weighted by molar-refractivity contribution is -0.153. The molecule has 0 aliphatic heterocycles. The summed E-state index contributed by atoms with van der Waals surface area (Å²) in [6, 6.07) is 18.4. The summed E-state index contributed by atoms with van der Waals surface area (Å²) in [6.45, 7) is -1.03. The smallest absolute Gasteiger partial charge is 0.422 e. The maximum atomic E-state index is 12.6. The number of carbonyl (C=O) groups is 1. The minimum absolute atomic E-state index is 0.0158. The van der Waals surface area contributed by atoms with Gasteiger partial charge in [-0.05, 0) is 35.4 Å². The van der Waals surface area contributed by atoms with Gasteiger partial charge in [0.2, 0.25) is 0 Å². The Morgan fingerprint density at radius 3 is 2.43 bits per heavy atom. The molecule has 0 atom stereocenters. The van der Waals surface area contributed by atoms with Crippen LogP contribution in [0.2, 0.25) is 0 Å². The Morgan fingerprint density at radius 1 is 0.967 bits per heavy atom. The zero-order chi connectivity index (χ0) is 21.6. The molecule has 1 amide bonds. The van der Waals surface area contributed by atoms with Crippen LogP contribution in [0.1, 0.15) is 21.5 Å². The van der Waals surface area contributed by atoms with Crippen molar-refractivity contribution < 1.29 is 22.7 Å². The number of hydrogen-bond donors (Lipinski definition) is 1. The maximum Gasteiger partial charge on any atom is 0.422 e. The van der Waals surface area contributed by atoms with Crippen LogP contribution < -0.4 is 15.6 Å². The Hall–Kier alpha value is -3.55. The van der Waals surface area contributed by atoms with E-state index in [1.165, 1.54) is 28.8 Å². The van der Waals surface area contributed by atoms with Crippen LogP contribution in [0.15, 0.2) is 77.7 Å². The molecular formula is C22H19F3N2O3. The van der Waals surface area contributed by atoms with Gasteiger partial charge in [-0.2, -0.15) is 13.2 Å². The second-order valence-electron chi connectivity index (χ2n) is 6.57. The number of pyridine rings is 1. The van der Waals surface area contributed by atoms with E-state index in [-0.39, 0.29) is 17.9 Å². The van der Waals surface area contributed by atoms with Gasteiger partial charge in [-0.1, -0.05) is 42.5 Å². The number of hydrogen-bond acceptors (Lipinski definition) is 3. The number of nitrogens with one attached hydrogen (secondary N) is 1. The van der Waals surface area contributed by atoms with Crippen LogP contribution in [0.4, 0.5) is 13.2 Å². The molecule has 156 valence electrons. The van der Waals surface area contributed by atoms with Gasteiger partial charge in [0.05, 0.1) is 6.54 Å². The van der Waals surface area contributed by atoms with Crippen LogP contribution in [0.5, 0.6) is 5.75 Å². The summed E-state index contributed by atoms with van der Waals surface area (Å²) in [5.41, 5.74) is 1.02. The molecule has 1 heterocycles. The largest absolute Gasteiger partial charge is 0.484 e. The maximum absolute atomic E-state index is 12.6. The highest BCUT2D eigenvalue weighted by Crippen LogP contribution is 2.19. The molecule has 0 radical (unpaired) electrons. The molecule has 30 heavy (non-hydrogen) atoms. The van der Waals surface area contributed by atoms with E-state index < -0.39 is 24.2 Å². The van der Waals surface area contributed by atoms with Crippen molar-refractivity contribution in [3.05, 3.63) is 100.0 Å². The number of benzene rings is 2. The first kappa shape index (κ1) is 21.2. The second-order valence-corrected chi connectivity index (χ2v) is 6.57. The number of alkyl halides is 3. The van der Waals surface area contributed by atoms with Crippen molar-refractivity contribution in [2.24, 2.45) is 0 Å². The van der Waals surface area contributed by atoms with Crippen LogP contribution in [0.3, 0.4) is 0 Å². The Bertz CT molecular complexity index is 1060. The molecule has 0 saturated heterocycles. The Balaban J connectivity index is 1.65. The molecule has 0 spiro atoms. The molecule has 8 heteroatoms. The van der Waals surface area contributed by atoms with Crippen molar-refractivity contribution in [3.63, 3.8) is 0 Å². The molecule has 2 aromatic carbocycles. The molecule has 0 aliphatic rings. The lowest BCUT2D eigenvalue weighted by Gasteiger charge is -2.11. The average molecular weight is 416 g/mol. The third kappa shape index (κ3) is 5.97. The minimum Gasteiger partial charge on any atom is -0.484 e. The minimum atomic E-state index is -4.43. The summed E-state index contributed by atoms with van der Waals surface area (Å²) < 4.78 is 43.0. The zero-order valence-corrected chi connectivity index (χ0v) is 15.9. The van der Waals surface area contributed by atoms with Gasteiger partial charge < -0.3 is 14.6 Å². The third-order valence-electron chi connectivity index (χ3n) is 4.21. The van der Waals surface area contributed by atoms with Gasteiger partial charge in [-0.25, -0.2) is 0 Å². The predicted molar refractivity (Wildman–Crippen MR) is 105 cm³/mol. The van der Waals surface area contributed by atoms with Crippen molar-refractivity contribution >= 4 is 5.91 Å². The number of rotatable bonds is 7. The average Bonchev–Trinajstić information content (AvgIpc) is 2.73. The highest BCUT2D eigenvalue weighted by Gasteiger charge is 2.28. The number of halogens is 3. The summed E-state index contributed by atoms with van der Waals surface area (Å²) in [7, 11) is 0. The van der Waals surface area contributed by atoms with Gasteiger partial charge in [0.1, 0.15) is 11.3 Å². The number of nitrogens with zero attached hydrogens (tertiary/aromatic N) is 1. The molecule has 3 aromatic rings. The van der Waals surface area contributed by atoms with Gasteiger partial charge in [0.25, 0.3) is 11.5 Å². The van der Waals surface area contributed by atoms with Gasteiger partial charge in [-0.3, -0.25) is 9.59 Å². The van der Waals surface area contributed by atoms with E-state index in [0.29, 0.717) is 12.1 Å². The van der Waals surface area contributed by atoms with Crippen molar-refractivity contribution in [1.82, 2.24) is 9.88 Å². The molecular weight excluding hydrogens is 397 g/mol. The molecule has 0 fully saturated rings. The van der Waals surface area contributed by atoms with Crippen molar-refractivity contribution in [2.45, 2.75) is 19.3 Å². The van der Waals surface area contributed by atoms with Gasteiger partial charge in [0, 0.05) is 12.7 Å². The molecule has 5 nitrogen and oxygen atoms in total. The van der Waals surface area contributed by atoms with E-state index in [9.17, 15) is 22.8 Å². The van der Waals surface area contributed by atoms with E-state index >= 15 is 0 Å². The number of carbonyl (C=O) groups excluding carboxylic acids is 1. The summed E-state index contributed by atoms with van der Waals surface area (Å²) in [6.07, 6.45) is -2.83. The SMILES string of the molecule is O=C(NCc1cccc(OCC(F)(F)F)c1)c1cccn(Cc2ccccc2)c1=O. The van der Waals surface area contributed by atoms with E-state index in [4.69, 9.17) is 4.74 Å². The van der Waals surface area contributed by atoms with Crippen LogP contribution >= 0.6 is 0 Å². The van der Waals surface area contributed by atoms with Gasteiger partial charge in [-0.15, -0.1) is 0 Å². The first-order valence-electron chi connectivity index (χ1n) is 9.12. The Labute approximate surface area is 170 Å². The number of ether oxygens (including phenoxy) is 1. The normalized spacial score (nSPS) is 11.2. The van der Waals surface area contributed by atoms with E-state index in [1.54, 1.807) is 18.3 Å². The molecule has 1 N–H and O–H groups in total. The van der Waals surface area contributed by atoms with Crippen molar-refractivity contribution in [2.75, 3.05) is 6.61 Å². The first-order valence-corrected chi connectivity index (χ1v) is 9.12. The molecule has 0 aliphatic carbocycles. The Morgan fingerprint density at radius 2 is 1.70 bits per heavy atom. The molecule has 0 bridgehead atoms. The standard InChI is InChI=1S/C22H19F3N2O3/c23-22(24,25)15-30-18-9-4-8-17(12-18)13-26-20(28)19-10-5-11-27(21(19)29)14-16-6-2-1-3-7-16/h1-12H,13-15H2,(H,26,28).